The van der Waals surface area contributed by atoms with Crippen molar-refractivity contribution in [2.24, 2.45) is 0 Å². The number of rotatable bonds is 8. The zero-order valence-electron chi connectivity index (χ0n) is 11.4. The molecule has 0 bridgehead atoms. The zero-order chi connectivity index (χ0) is 13.5. The van der Waals surface area contributed by atoms with Crippen LogP contribution in [-0.4, -0.2) is 11.2 Å². The van der Waals surface area contributed by atoms with Crippen LogP contribution in [0.25, 0.3) is 0 Å². The Morgan fingerprint density at radius 3 is 2.56 bits per heavy atom. The summed E-state index contributed by atoms with van der Waals surface area (Å²) in [5.41, 5.74) is 0. The lowest BCUT2D eigenvalue weighted by molar-refractivity contribution is 0.281. The first-order valence-electron chi connectivity index (χ1n) is 6.78. The Labute approximate surface area is 112 Å². The van der Waals surface area contributed by atoms with Crippen LogP contribution in [0.2, 0.25) is 0 Å². The molecule has 98 valence electrons. The van der Waals surface area contributed by atoms with Crippen LogP contribution in [0, 0.1) is 23.7 Å². The van der Waals surface area contributed by atoms with Gasteiger partial charge < -0.3 is 5.11 Å². The van der Waals surface area contributed by atoms with E-state index in [-0.39, 0.29) is 0 Å². The maximum atomic E-state index is 9.04. The van der Waals surface area contributed by atoms with E-state index in [9.17, 15) is 0 Å². The lowest BCUT2D eigenvalue weighted by Crippen LogP contribution is -1.94. The molecule has 0 saturated carbocycles. The van der Waals surface area contributed by atoms with Gasteiger partial charge in [0.15, 0.2) is 0 Å². The first-order valence-corrected chi connectivity index (χ1v) is 6.78. The third-order valence-corrected chi connectivity index (χ3v) is 2.50. The third-order valence-electron chi connectivity index (χ3n) is 2.50. The topological polar surface area (TPSA) is 20.2 Å². The van der Waals surface area contributed by atoms with Gasteiger partial charge >= 0.3 is 0 Å². The Hall–Kier alpha value is -1.44. The summed E-state index contributed by atoms with van der Waals surface area (Å²) in [6, 6.07) is 0. The molecule has 0 radical (unpaired) electrons. The van der Waals surface area contributed by atoms with Crippen LogP contribution < -0.4 is 0 Å². The summed E-state index contributed by atoms with van der Waals surface area (Å²) in [7, 11) is 0. The monoisotopic (exact) mass is 244 g/mol. The van der Waals surface area contributed by atoms with Crippen molar-refractivity contribution in [3.63, 3.8) is 0 Å². The molecule has 0 aromatic carbocycles. The molecule has 0 amide bonds. The highest BCUT2D eigenvalue weighted by atomic mass is 16.3. The summed E-state index contributed by atoms with van der Waals surface area (Å²) in [5.74, 6) is 10.6. The number of aliphatic hydroxyl groups is 1. The molecule has 0 rings (SSSR count). The standard InChI is InChI=1S/C17H24O/c1-3-5-6-7-8-9-10-11-12-13-14-15-16-17(18)4-2/h4,11-12,17-18H,2-3,5-10H2,1H3. The number of aliphatic hydroxyl groups excluding tert-OH is 1. The molecule has 0 aromatic heterocycles. The van der Waals surface area contributed by atoms with E-state index in [0.29, 0.717) is 0 Å². The van der Waals surface area contributed by atoms with E-state index in [0.717, 1.165) is 6.42 Å². The zero-order valence-corrected chi connectivity index (χ0v) is 11.4. The second-order valence-electron chi connectivity index (χ2n) is 4.18. The number of unbranched alkanes of at least 4 members (excludes halogenated alkanes) is 6. The van der Waals surface area contributed by atoms with Gasteiger partial charge in [0.1, 0.15) is 6.10 Å². The first kappa shape index (κ1) is 16.6. The van der Waals surface area contributed by atoms with Gasteiger partial charge in [-0.1, -0.05) is 69.6 Å². The van der Waals surface area contributed by atoms with Crippen molar-refractivity contribution in [2.75, 3.05) is 0 Å². The molecule has 1 N–H and O–H groups in total. The Morgan fingerprint density at radius 2 is 1.83 bits per heavy atom. The van der Waals surface area contributed by atoms with Crippen molar-refractivity contribution >= 4 is 0 Å². The number of hydrogen-bond acceptors (Lipinski definition) is 1. The fourth-order valence-electron chi connectivity index (χ4n) is 1.43. The highest BCUT2D eigenvalue weighted by molar-refractivity contribution is 5.32. The maximum absolute atomic E-state index is 9.04. The molecule has 0 heterocycles. The van der Waals surface area contributed by atoms with Gasteiger partial charge in [-0.15, -0.1) is 0 Å². The predicted octanol–water partition coefficient (Wildman–Crippen LogP) is 3.85. The summed E-state index contributed by atoms with van der Waals surface area (Å²) in [6.45, 7) is 5.66. The molecule has 0 aliphatic carbocycles. The van der Waals surface area contributed by atoms with Gasteiger partial charge in [-0.2, -0.15) is 0 Å². The number of allylic oxidation sites excluding steroid dienone is 2. The van der Waals surface area contributed by atoms with Crippen molar-refractivity contribution in [3.05, 3.63) is 24.8 Å². The average Bonchev–Trinajstić information content (AvgIpc) is 2.39. The van der Waals surface area contributed by atoms with E-state index in [1.165, 1.54) is 44.6 Å². The summed E-state index contributed by atoms with van der Waals surface area (Å²) in [5, 5.41) is 9.04. The van der Waals surface area contributed by atoms with Crippen LogP contribution in [0.1, 0.15) is 51.9 Å². The van der Waals surface area contributed by atoms with Crippen LogP contribution in [-0.2, 0) is 0 Å². The molecule has 1 heteroatoms. The minimum Gasteiger partial charge on any atom is -0.377 e. The van der Waals surface area contributed by atoms with Crippen LogP contribution in [0.5, 0.6) is 0 Å². The SMILES string of the molecule is C=CC(O)C#CC#CC=CCCCCCCCC. The molecule has 1 nitrogen and oxygen atoms in total. The van der Waals surface area contributed by atoms with Crippen LogP contribution >= 0.6 is 0 Å². The van der Waals surface area contributed by atoms with Gasteiger partial charge in [-0.05, 0) is 30.8 Å². The minimum atomic E-state index is -0.772. The quantitative estimate of drug-likeness (QED) is 0.391. The van der Waals surface area contributed by atoms with Gasteiger partial charge in [0.2, 0.25) is 0 Å². The Balaban J connectivity index is 3.50. The van der Waals surface area contributed by atoms with Crippen molar-refractivity contribution in [3.8, 4) is 23.7 Å². The maximum Gasteiger partial charge on any atom is 0.134 e. The highest BCUT2D eigenvalue weighted by Crippen LogP contribution is 2.06. The van der Waals surface area contributed by atoms with E-state index in [4.69, 9.17) is 5.11 Å². The van der Waals surface area contributed by atoms with Crippen molar-refractivity contribution in [1.82, 2.24) is 0 Å². The summed E-state index contributed by atoms with van der Waals surface area (Å²) in [4.78, 5) is 0. The van der Waals surface area contributed by atoms with Crippen LogP contribution in [0.4, 0.5) is 0 Å². The molecular weight excluding hydrogens is 220 g/mol. The van der Waals surface area contributed by atoms with E-state index in [1.807, 2.05) is 6.08 Å². The molecule has 1 unspecified atom stereocenters. The van der Waals surface area contributed by atoms with E-state index >= 15 is 0 Å². The summed E-state index contributed by atoms with van der Waals surface area (Å²) in [6.07, 6.45) is 13.5. The smallest absolute Gasteiger partial charge is 0.134 e. The van der Waals surface area contributed by atoms with Gasteiger partial charge in [-0.25, -0.2) is 0 Å². The molecule has 0 fully saturated rings. The lowest BCUT2D eigenvalue weighted by Gasteiger charge is -1.96. The number of hydrogen-bond donors (Lipinski definition) is 1. The molecule has 0 aliphatic heterocycles. The Morgan fingerprint density at radius 1 is 1.11 bits per heavy atom. The highest BCUT2D eigenvalue weighted by Gasteiger charge is 1.87. The Kier molecular flexibility index (Phi) is 12.5. The fraction of sp³-hybridized carbons (Fsp3) is 0.529. The summed E-state index contributed by atoms with van der Waals surface area (Å²) >= 11 is 0. The van der Waals surface area contributed by atoms with E-state index in [2.05, 4.69) is 43.3 Å². The van der Waals surface area contributed by atoms with Crippen molar-refractivity contribution in [1.29, 1.82) is 0 Å². The van der Waals surface area contributed by atoms with E-state index < -0.39 is 6.10 Å². The molecular formula is C17H24O. The minimum absolute atomic E-state index is 0.772. The Bertz CT molecular complexity index is 343. The summed E-state index contributed by atoms with van der Waals surface area (Å²) < 4.78 is 0. The molecule has 1 atom stereocenters. The largest absolute Gasteiger partial charge is 0.377 e. The molecule has 18 heavy (non-hydrogen) atoms. The predicted molar refractivity (Wildman–Crippen MR) is 78.9 cm³/mol. The van der Waals surface area contributed by atoms with Gasteiger partial charge in [0, 0.05) is 0 Å². The normalized spacial score (nSPS) is 11.2. The average molecular weight is 244 g/mol. The molecule has 0 aliphatic rings. The second kappa shape index (κ2) is 13.6. The lowest BCUT2D eigenvalue weighted by atomic mass is 10.1. The van der Waals surface area contributed by atoms with Crippen molar-refractivity contribution in [2.45, 2.75) is 58.0 Å². The van der Waals surface area contributed by atoms with Crippen molar-refractivity contribution < 1.29 is 5.11 Å². The molecule has 0 saturated heterocycles. The molecule has 0 spiro atoms. The van der Waals surface area contributed by atoms with Gasteiger partial charge in [-0.3, -0.25) is 0 Å². The van der Waals surface area contributed by atoms with Crippen LogP contribution in [0.3, 0.4) is 0 Å². The van der Waals surface area contributed by atoms with Crippen LogP contribution in [0.15, 0.2) is 24.8 Å². The van der Waals surface area contributed by atoms with E-state index in [1.54, 1.807) is 0 Å². The fourth-order valence-corrected chi connectivity index (χ4v) is 1.43. The van der Waals surface area contributed by atoms with Gasteiger partial charge in [0.05, 0.1) is 0 Å². The third kappa shape index (κ3) is 12.6. The second-order valence-corrected chi connectivity index (χ2v) is 4.18. The first-order chi connectivity index (χ1) is 8.81. The van der Waals surface area contributed by atoms with Gasteiger partial charge in [0.25, 0.3) is 0 Å². The molecule has 0 aromatic rings.